The smallest absolute Gasteiger partial charge is 0.317 e. The summed E-state index contributed by atoms with van der Waals surface area (Å²) in [7, 11) is 0. The summed E-state index contributed by atoms with van der Waals surface area (Å²) in [4.78, 5) is 27.1. The zero-order chi connectivity index (χ0) is 23.7. The third kappa shape index (κ3) is 4.62. The van der Waals surface area contributed by atoms with Crippen molar-refractivity contribution in [3.8, 4) is 11.5 Å². The Morgan fingerprint density at radius 2 is 2.09 bits per heavy atom. The minimum absolute atomic E-state index is 0.0227. The molecule has 4 N–H and O–H groups in total. The predicted octanol–water partition coefficient (Wildman–Crippen LogP) is 3.10. The Labute approximate surface area is 200 Å². The molecule has 4 heterocycles. The normalized spacial score (nSPS) is 22.8. The van der Waals surface area contributed by atoms with Gasteiger partial charge in [0, 0.05) is 24.8 Å². The highest BCUT2D eigenvalue weighted by Crippen LogP contribution is 2.28. The van der Waals surface area contributed by atoms with Gasteiger partial charge in [0.05, 0.1) is 29.3 Å². The Bertz CT molecular complexity index is 1190. The number of hydrogen-bond acceptors (Lipinski definition) is 7. The lowest BCUT2D eigenvalue weighted by Gasteiger charge is -2.33. The summed E-state index contributed by atoms with van der Waals surface area (Å²) in [5, 5.41) is 23.9. The summed E-state index contributed by atoms with van der Waals surface area (Å²) in [6, 6.07) is 1.35. The van der Waals surface area contributed by atoms with Gasteiger partial charge in [-0.25, -0.2) is 24.1 Å². The van der Waals surface area contributed by atoms with Crippen LogP contribution < -0.4 is 10.6 Å². The highest BCUT2D eigenvalue weighted by Gasteiger charge is 2.31. The molecule has 10 nitrogen and oxygen atoms in total. The number of halogens is 2. The largest absolute Gasteiger partial charge is 0.394 e. The monoisotopic (exact) mass is 488 g/mol. The van der Waals surface area contributed by atoms with Crippen LogP contribution in [-0.2, 0) is 0 Å². The number of aromatic amines is 1. The number of carbonyl (C=O) groups excluding carboxylic acids is 1. The maximum Gasteiger partial charge on any atom is 0.317 e. The molecule has 2 aliphatic rings. The van der Waals surface area contributed by atoms with E-state index in [2.05, 4.69) is 35.8 Å². The van der Waals surface area contributed by atoms with Gasteiger partial charge in [-0.1, -0.05) is 11.6 Å². The fraction of sp³-hybridized carbons (Fsp3) is 0.500. The van der Waals surface area contributed by atoms with E-state index >= 15 is 0 Å². The number of pyridine rings is 1. The summed E-state index contributed by atoms with van der Waals surface area (Å²) >= 11 is 6.07. The standard InChI is InChI=1S/C22H26ClFN8O2/c23-12-7-16-18(30-31-19(16)25-9-12)21-26-10-17(24)20(29-21)27-13-3-1-4-14(8-13)28-22(34)32-6-2-5-15(32)11-33/h7,9-10,13-15,33H,1-6,8,11H2,(H,28,34)(H,25,30,31)(H,26,27,29)/t13-,14+,15-/m0/s1. The van der Waals surface area contributed by atoms with Crippen LogP contribution in [0.2, 0.25) is 5.02 Å². The van der Waals surface area contributed by atoms with Crippen molar-refractivity contribution in [1.29, 1.82) is 0 Å². The number of nitrogens with zero attached hydrogens (tertiary/aromatic N) is 5. The van der Waals surface area contributed by atoms with Gasteiger partial charge in [0.1, 0.15) is 5.69 Å². The van der Waals surface area contributed by atoms with Gasteiger partial charge in [-0.3, -0.25) is 5.10 Å². The fourth-order valence-corrected chi connectivity index (χ4v) is 4.98. The van der Waals surface area contributed by atoms with Gasteiger partial charge >= 0.3 is 6.03 Å². The number of hydrogen-bond donors (Lipinski definition) is 4. The highest BCUT2D eigenvalue weighted by atomic mass is 35.5. The van der Waals surface area contributed by atoms with Crippen molar-refractivity contribution in [2.75, 3.05) is 18.5 Å². The van der Waals surface area contributed by atoms with Crippen molar-refractivity contribution < 1.29 is 14.3 Å². The van der Waals surface area contributed by atoms with Crippen molar-refractivity contribution in [1.82, 2.24) is 35.4 Å². The molecule has 3 aromatic heterocycles. The van der Waals surface area contributed by atoms with Crippen molar-refractivity contribution in [3.05, 3.63) is 29.3 Å². The molecule has 3 atom stereocenters. The minimum Gasteiger partial charge on any atom is -0.394 e. The number of carbonyl (C=O) groups is 1. The van der Waals surface area contributed by atoms with E-state index in [0.29, 0.717) is 34.7 Å². The quantitative estimate of drug-likeness (QED) is 0.434. The summed E-state index contributed by atoms with van der Waals surface area (Å²) in [6.07, 6.45) is 7.57. The number of urea groups is 1. The van der Waals surface area contributed by atoms with E-state index in [-0.39, 0.29) is 42.4 Å². The number of aliphatic hydroxyl groups excluding tert-OH is 1. The molecule has 2 fully saturated rings. The molecule has 0 spiro atoms. The number of H-pyrrole nitrogens is 1. The molecule has 0 bridgehead atoms. The Kier molecular flexibility index (Phi) is 6.46. The molecule has 1 aliphatic heterocycles. The Balaban J connectivity index is 1.28. The lowest BCUT2D eigenvalue weighted by molar-refractivity contribution is 0.152. The van der Waals surface area contributed by atoms with Gasteiger partial charge < -0.3 is 20.6 Å². The second-order valence-electron chi connectivity index (χ2n) is 8.84. The third-order valence-corrected chi connectivity index (χ3v) is 6.74. The van der Waals surface area contributed by atoms with Crippen LogP contribution in [0.5, 0.6) is 0 Å². The Morgan fingerprint density at radius 3 is 2.94 bits per heavy atom. The van der Waals surface area contributed by atoms with Crippen molar-refractivity contribution in [2.24, 2.45) is 0 Å². The Hall–Kier alpha value is -3.05. The topological polar surface area (TPSA) is 132 Å². The summed E-state index contributed by atoms with van der Waals surface area (Å²) in [6.45, 7) is 0.633. The van der Waals surface area contributed by atoms with Gasteiger partial charge in [-0.05, 0) is 44.6 Å². The molecule has 1 aliphatic carbocycles. The Morgan fingerprint density at radius 1 is 1.24 bits per heavy atom. The summed E-state index contributed by atoms with van der Waals surface area (Å²) in [5.41, 5.74) is 0.972. The number of rotatable bonds is 5. The van der Waals surface area contributed by atoms with Crippen LogP contribution in [0.4, 0.5) is 15.0 Å². The van der Waals surface area contributed by atoms with Gasteiger partial charge in [0.25, 0.3) is 0 Å². The highest BCUT2D eigenvalue weighted by molar-refractivity contribution is 6.31. The number of likely N-dealkylation sites (tertiary alicyclic amines) is 1. The fourth-order valence-electron chi connectivity index (χ4n) is 4.83. The van der Waals surface area contributed by atoms with E-state index in [4.69, 9.17) is 11.6 Å². The minimum atomic E-state index is -0.561. The zero-order valence-corrected chi connectivity index (χ0v) is 19.2. The molecule has 2 amide bonds. The van der Waals surface area contributed by atoms with Crippen molar-refractivity contribution >= 4 is 34.5 Å². The first-order valence-electron chi connectivity index (χ1n) is 11.5. The molecule has 0 aromatic carbocycles. The lowest BCUT2D eigenvalue weighted by atomic mass is 9.91. The average molecular weight is 489 g/mol. The second-order valence-corrected chi connectivity index (χ2v) is 9.27. The number of amides is 2. The van der Waals surface area contributed by atoms with E-state index in [1.54, 1.807) is 11.0 Å². The van der Waals surface area contributed by atoms with Crippen LogP contribution in [0.3, 0.4) is 0 Å². The van der Waals surface area contributed by atoms with Gasteiger partial charge in [0.2, 0.25) is 0 Å². The van der Waals surface area contributed by atoms with Gasteiger partial charge in [0.15, 0.2) is 23.1 Å². The van der Waals surface area contributed by atoms with Crippen LogP contribution in [0.25, 0.3) is 22.6 Å². The molecule has 0 radical (unpaired) electrons. The molecule has 5 rings (SSSR count). The van der Waals surface area contributed by atoms with Gasteiger partial charge in [-0.15, -0.1) is 0 Å². The zero-order valence-electron chi connectivity index (χ0n) is 18.5. The molecule has 1 saturated carbocycles. The molecule has 180 valence electrons. The van der Waals surface area contributed by atoms with E-state index in [9.17, 15) is 14.3 Å². The maximum atomic E-state index is 14.6. The van der Waals surface area contributed by atoms with Crippen LogP contribution >= 0.6 is 11.6 Å². The summed E-state index contributed by atoms with van der Waals surface area (Å²) < 4.78 is 14.6. The maximum absolute atomic E-state index is 14.6. The number of nitrogens with one attached hydrogen (secondary N) is 3. The van der Waals surface area contributed by atoms with E-state index in [1.165, 1.54) is 6.20 Å². The molecule has 3 aromatic rings. The van der Waals surface area contributed by atoms with Crippen molar-refractivity contribution in [3.63, 3.8) is 0 Å². The first-order valence-corrected chi connectivity index (χ1v) is 11.9. The summed E-state index contributed by atoms with van der Waals surface area (Å²) in [5.74, 6) is -0.217. The average Bonchev–Trinajstić information content (AvgIpc) is 3.47. The van der Waals surface area contributed by atoms with Crippen LogP contribution in [-0.4, -0.2) is 72.5 Å². The number of aromatic nitrogens is 5. The van der Waals surface area contributed by atoms with E-state index in [0.717, 1.165) is 38.3 Å². The molecular weight excluding hydrogens is 463 g/mol. The first-order chi connectivity index (χ1) is 16.5. The van der Waals surface area contributed by atoms with Crippen LogP contribution in [0, 0.1) is 5.82 Å². The number of fused-ring (bicyclic) bond motifs is 1. The first kappa shape index (κ1) is 22.7. The van der Waals surface area contributed by atoms with Gasteiger partial charge in [-0.2, -0.15) is 5.10 Å². The van der Waals surface area contributed by atoms with Crippen LogP contribution in [0.1, 0.15) is 38.5 Å². The van der Waals surface area contributed by atoms with Crippen LogP contribution in [0.15, 0.2) is 18.5 Å². The third-order valence-electron chi connectivity index (χ3n) is 6.53. The number of aliphatic hydroxyl groups is 1. The molecule has 0 unspecified atom stereocenters. The van der Waals surface area contributed by atoms with Crippen molar-refractivity contribution in [2.45, 2.75) is 56.7 Å². The molecule has 34 heavy (non-hydrogen) atoms. The van der Waals surface area contributed by atoms with E-state index in [1.807, 2.05) is 0 Å². The SMILES string of the molecule is O=C(N[C@@H]1CCC[C@H](Nc2nc(-c3n[nH]c4ncc(Cl)cc34)ncc2F)C1)N1CCC[C@H]1CO. The molecular formula is C22H26ClFN8O2. The molecule has 12 heteroatoms. The predicted molar refractivity (Wildman–Crippen MR) is 125 cm³/mol. The molecule has 1 saturated heterocycles. The second kappa shape index (κ2) is 9.67. The number of anilines is 1. The lowest BCUT2D eigenvalue weighted by Crippen LogP contribution is -2.50. The van der Waals surface area contributed by atoms with E-state index < -0.39 is 5.82 Å².